The number of benzene rings is 2. The third-order valence-electron chi connectivity index (χ3n) is 3.00. The Bertz CT molecular complexity index is 693. The van der Waals surface area contributed by atoms with Gasteiger partial charge in [0.25, 0.3) is 0 Å². The molecule has 5 heteroatoms. The van der Waals surface area contributed by atoms with Crippen molar-refractivity contribution in [2.45, 2.75) is 0 Å². The largest absolute Gasteiger partial charge is 0.497 e. The summed E-state index contributed by atoms with van der Waals surface area (Å²) < 4.78 is 10.0. The van der Waals surface area contributed by atoms with Crippen LogP contribution in [0.5, 0.6) is 5.75 Å². The fourth-order valence-corrected chi connectivity index (χ4v) is 1.95. The molecule has 0 N–H and O–H groups in total. The molecule has 0 aliphatic carbocycles. The van der Waals surface area contributed by atoms with Crippen LogP contribution in [0.1, 0.15) is 10.4 Å². The third-order valence-corrected chi connectivity index (χ3v) is 3.00. The van der Waals surface area contributed by atoms with E-state index in [-0.39, 0.29) is 0 Å². The molecule has 2 aromatic carbocycles. The summed E-state index contributed by atoms with van der Waals surface area (Å²) in [6, 6.07) is 9.32. The predicted octanol–water partition coefficient (Wildman–Crippen LogP) is 2.86. The van der Waals surface area contributed by atoms with E-state index in [0.717, 1.165) is 16.5 Å². The van der Waals surface area contributed by atoms with Gasteiger partial charge >= 0.3 is 5.97 Å². The van der Waals surface area contributed by atoms with E-state index in [1.807, 2.05) is 38.4 Å². The summed E-state index contributed by atoms with van der Waals surface area (Å²) in [7, 11) is 6.70. The molecule has 0 radical (unpaired) electrons. The van der Waals surface area contributed by atoms with Crippen LogP contribution < -0.4 is 4.74 Å². The van der Waals surface area contributed by atoms with Gasteiger partial charge in [0.2, 0.25) is 0 Å². The van der Waals surface area contributed by atoms with Crippen LogP contribution in [0, 0.1) is 0 Å². The van der Waals surface area contributed by atoms with Gasteiger partial charge in [-0.05, 0) is 35.0 Å². The number of aliphatic imine (C=N–C) groups is 1. The van der Waals surface area contributed by atoms with Crippen LogP contribution in [-0.4, -0.2) is 45.5 Å². The van der Waals surface area contributed by atoms with Crippen LogP contribution in [-0.2, 0) is 4.74 Å². The summed E-state index contributed by atoms with van der Waals surface area (Å²) in [6.45, 7) is 0. The van der Waals surface area contributed by atoms with E-state index in [4.69, 9.17) is 9.47 Å². The highest BCUT2D eigenvalue weighted by atomic mass is 16.5. The summed E-state index contributed by atoms with van der Waals surface area (Å²) >= 11 is 0. The van der Waals surface area contributed by atoms with Crippen LogP contribution in [0.25, 0.3) is 10.8 Å². The summed E-state index contributed by atoms with van der Waals surface area (Å²) in [5, 5.41) is 1.88. The second-order valence-electron chi connectivity index (χ2n) is 4.78. The molecular weight excluding hydrogens is 268 g/mol. The van der Waals surface area contributed by atoms with Gasteiger partial charge in [0.1, 0.15) is 5.75 Å². The molecule has 0 amide bonds. The Morgan fingerprint density at radius 2 is 1.90 bits per heavy atom. The number of methoxy groups -OCH3 is 2. The van der Waals surface area contributed by atoms with Gasteiger partial charge in [-0.2, -0.15) is 0 Å². The van der Waals surface area contributed by atoms with E-state index in [1.165, 1.54) is 7.11 Å². The number of rotatable bonds is 4. The normalized spacial score (nSPS) is 10.9. The number of hydrogen-bond donors (Lipinski definition) is 0. The maximum absolute atomic E-state index is 11.9. The van der Waals surface area contributed by atoms with E-state index in [0.29, 0.717) is 11.3 Å². The summed E-state index contributed by atoms with van der Waals surface area (Å²) in [5.41, 5.74) is 1.00. The van der Waals surface area contributed by atoms with Gasteiger partial charge in [-0.25, -0.2) is 9.79 Å². The molecule has 0 saturated heterocycles. The molecular formula is C16H18N2O3. The number of carbonyl (C=O) groups is 1. The minimum absolute atomic E-state index is 0.411. The van der Waals surface area contributed by atoms with Crippen molar-refractivity contribution in [2.75, 3.05) is 28.3 Å². The molecule has 0 spiro atoms. The monoisotopic (exact) mass is 286 g/mol. The average Bonchev–Trinajstić information content (AvgIpc) is 2.50. The SMILES string of the molecule is COC(=O)c1cc2cc(OC)ccc2cc1/N=C/N(C)C. The molecule has 0 atom stereocenters. The molecule has 0 bridgehead atoms. The van der Waals surface area contributed by atoms with Crippen molar-refractivity contribution >= 4 is 28.8 Å². The minimum atomic E-state index is -0.411. The quantitative estimate of drug-likeness (QED) is 0.492. The van der Waals surface area contributed by atoms with Crippen molar-refractivity contribution in [3.63, 3.8) is 0 Å². The molecule has 0 aromatic heterocycles. The maximum atomic E-state index is 11.9. The van der Waals surface area contributed by atoms with Crippen LogP contribution in [0.2, 0.25) is 0 Å². The van der Waals surface area contributed by atoms with E-state index in [1.54, 1.807) is 24.4 Å². The number of nitrogens with zero attached hydrogens (tertiary/aromatic N) is 2. The van der Waals surface area contributed by atoms with Gasteiger partial charge in [0.05, 0.1) is 31.8 Å². The zero-order valence-electron chi connectivity index (χ0n) is 12.6. The first kappa shape index (κ1) is 14.8. The van der Waals surface area contributed by atoms with Crippen LogP contribution in [0.4, 0.5) is 5.69 Å². The second kappa shape index (κ2) is 6.26. The van der Waals surface area contributed by atoms with Crippen molar-refractivity contribution < 1.29 is 14.3 Å². The number of esters is 1. The van der Waals surface area contributed by atoms with Crippen molar-refractivity contribution in [1.29, 1.82) is 0 Å². The van der Waals surface area contributed by atoms with Crippen LogP contribution in [0.15, 0.2) is 35.3 Å². The first-order valence-electron chi connectivity index (χ1n) is 6.46. The molecule has 110 valence electrons. The lowest BCUT2D eigenvalue weighted by atomic mass is 10.0. The molecule has 0 saturated carbocycles. The first-order chi connectivity index (χ1) is 10.0. The smallest absolute Gasteiger partial charge is 0.340 e. The van der Waals surface area contributed by atoms with E-state index in [9.17, 15) is 4.79 Å². The second-order valence-corrected chi connectivity index (χ2v) is 4.78. The maximum Gasteiger partial charge on any atom is 0.340 e. The van der Waals surface area contributed by atoms with Crippen LogP contribution in [0.3, 0.4) is 0 Å². The minimum Gasteiger partial charge on any atom is -0.497 e. The van der Waals surface area contributed by atoms with Gasteiger partial charge in [-0.1, -0.05) is 6.07 Å². The number of hydrogen-bond acceptors (Lipinski definition) is 4. The molecule has 2 rings (SSSR count). The Labute approximate surface area is 123 Å². The molecule has 21 heavy (non-hydrogen) atoms. The fraction of sp³-hybridized carbons (Fsp3) is 0.250. The lowest BCUT2D eigenvalue weighted by Crippen LogP contribution is -2.08. The van der Waals surface area contributed by atoms with Gasteiger partial charge in [0.15, 0.2) is 0 Å². The van der Waals surface area contributed by atoms with E-state index >= 15 is 0 Å². The Morgan fingerprint density at radius 3 is 2.52 bits per heavy atom. The van der Waals surface area contributed by atoms with Crippen molar-refractivity contribution in [3.8, 4) is 5.75 Å². The summed E-state index contributed by atoms with van der Waals surface area (Å²) in [6.07, 6.45) is 1.65. The lowest BCUT2D eigenvalue weighted by molar-refractivity contribution is 0.0602. The third kappa shape index (κ3) is 3.31. The average molecular weight is 286 g/mol. The molecule has 0 aliphatic rings. The number of ether oxygens (including phenoxy) is 2. The highest BCUT2D eigenvalue weighted by molar-refractivity contribution is 6.01. The number of fused-ring (bicyclic) bond motifs is 1. The topological polar surface area (TPSA) is 51.1 Å². The number of carbonyl (C=O) groups excluding carboxylic acids is 1. The Balaban J connectivity index is 2.62. The highest BCUT2D eigenvalue weighted by Gasteiger charge is 2.13. The molecule has 0 fully saturated rings. The zero-order chi connectivity index (χ0) is 15.4. The van der Waals surface area contributed by atoms with Gasteiger partial charge in [-0.3, -0.25) is 0 Å². The van der Waals surface area contributed by atoms with Gasteiger partial charge in [-0.15, -0.1) is 0 Å². The summed E-state index contributed by atoms with van der Waals surface area (Å²) in [5.74, 6) is 0.327. The van der Waals surface area contributed by atoms with Gasteiger partial charge in [0, 0.05) is 14.1 Å². The van der Waals surface area contributed by atoms with E-state index < -0.39 is 5.97 Å². The summed E-state index contributed by atoms with van der Waals surface area (Å²) in [4.78, 5) is 18.1. The molecule has 5 nitrogen and oxygen atoms in total. The zero-order valence-corrected chi connectivity index (χ0v) is 12.6. The van der Waals surface area contributed by atoms with Crippen molar-refractivity contribution in [3.05, 3.63) is 35.9 Å². The standard InChI is InChI=1S/C16H18N2O3/c1-18(2)10-17-15-9-11-5-6-13(20-3)7-12(11)8-14(15)16(19)21-4/h5-10H,1-4H3/b17-10+. The lowest BCUT2D eigenvalue weighted by Gasteiger charge is -2.09. The van der Waals surface area contributed by atoms with Crippen molar-refractivity contribution in [2.24, 2.45) is 4.99 Å². The fourth-order valence-electron chi connectivity index (χ4n) is 1.95. The molecule has 2 aromatic rings. The molecule has 0 heterocycles. The predicted molar refractivity (Wildman–Crippen MR) is 83.7 cm³/mol. The highest BCUT2D eigenvalue weighted by Crippen LogP contribution is 2.29. The Hall–Kier alpha value is -2.56. The first-order valence-corrected chi connectivity index (χ1v) is 6.46. The van der Waals surface area contributed by atoms with Gasteiger partial charge < -0.3 is 14.4 Å². The Morgan fingerprint density at radius 1 is 1.14 bits per heavy atom. The van der Waals surface area contributed by atoms with E-state index in [2.05, 4.69) is 4.99 Å². The molecule has 0 unspecified atom stereocenters. The van der Waals surface area contributed by atoms with Crippen LogP contribution >= 0.6 is 0 Å². The van der Waals surface area contributed by atoms with Crippen molar-refractivity contribution in [1.82, 2.24) is 4.90 Å². The Kier molecular flexibility index (Phi) is 4.42. The molecule has 0 aliphatic heterocycles.